The molecule has 1 atom stereocenters. The van der Waals surface area contributed by atoms with Crippen molar-refractivity contribution in [3.8, 4) is 0 Å². The van der Waals surface area contributed by atoms with E-state index in [4.69, 9.17) is 4.74 Å². The number of ether oxygens (including phenoxy) is 1. The number of sulfonamides is 1. The predicted octanol–water partition coefficient (Wildman–Crippen LogP) is 0.0880. The molecule has 9 nitrogen and oxygen atoms in total. The van der Waals surface area contributed by atoms with E-state index >= 15 is 0 Å². The van der Waals surface area contributed by atoms with Crippen LogP contribution in [0.3, 0.4) is 0 Å². The number of hydroxylamine groups is 1. The number of methoxy groups -OCH3 is 1. The molecule has 0 saturated heterocycles. The molecule has 0 aromatic heterocycles. The number of carbonyl (C=O) groups is 2. The van der Waals surface area contributed by atoms with Crippen LogP contribution in [0.15, 0.2) is 29.2 Å². The number of amides is 1. The van der Waals surface area contributed by atoms with Crippen molar-refractivity contribution in [2.45, 2.75) is 17.4 Å². The van der Waals surface area contributed by atoms with E-state index in [1.807, 2.05) is 0 Å². The number of carboxylic acid groups (broad SMARTS) is 1. The van der Waals surface area contributed by atoms with Crippen LogP contribution in [0.25, 0.3) is 0 Å². The Hall–Kier alpha value is -2.01. The standard InChI is InChI=1S/C14H20N2O7S/c1-14(9-22-3,13(18)19)15-12(17)10-6-5-7-11(8-10)24(20,21)16(2)23-4/h5-8H,9H2,1-4H3,(H,15,17)(H,18,19). The molecule has 0 radical (unpaired) electrons. The van der Waals surface area contributed by atoms with Gasteiger partial charge in [0.1, 0.15) is 0 Å². The van der Waals surface area contributed by atoms with Crippen LogP contribution in [0.1, 0.15) is 17.3 Å². The zero-order chi connectivity index (χ0) is 18.5. The van der Waals surface area contributed by atoms with E-state index in [0.29, 0.717) is 4.47 Å². The second-order valence-electron chi connectivity index (χ2n) is 5.15. The lowest BCUT2D eigenvalue weighted by atomic mass is 10.0. The van der Waals surface area contributed by atoms with Crippen molar-refractivity contribution in [3.63, 3.8) is 0 Å². The first-order chi connectivity index (χ1) is 11.1. The van der Waals surface area contributed by atoms with Crippen LogP contribution in [0.4, 0.5) is 0 Å². The minimum atomic E-state index is -3.93. The molecular weight excluding hydrogens is 340 g/mol. The Morgan fingerprint density at radius 1 is 1.33 bits per heavy atom. The maximum Gasteiger partial charge on any atom is 0.331 e. The van der Waals surface area contributed by atoms with Crippen LogP contribution in [0.5, 0.6) is 0 Å². The quantitative estimate of drug-likeness (QED) is 0.630. The van der Waals surface area contributed by atoms with Crippen molar-refractivity contribution < 1.29 is 32.7 Å². The number of hydrogen-bond acceptors (Lipinski definition) is 6. The fourth-order valence-electron chi connectivity index (χ4n) is 1.81. The smallest absolute Gasteiger partial charge is 0.331 e. The number of nitrogens with zero attached hydrogens (tertiary/aromatic N) is 1. The zero-order valence-electron chi connectivity index (χ0n) is 13.8. The van der Waals surface area contributed by atoms with Gasteiger partial charge in [0.15, 0.2) is 5.54 Å². The van der Waals surface area contributed by atoms with Crippen molar-refractivity contribution in [1.29, 1.82) is 0 Å². The number of carboxylic acids is 1. The predicted molar refractivity (Wildman–Crippen MR) is 83.8 cm³/mol. The van der Waals surface area contributed by atoms with Crippen LogP contribution in [-0.4, -0.2) is 63.3 Å². The van der Waals surface area contributed by atoms with Crippen molar-refractivity contribution in [1.82, 2.24) is 9.79 Å². The summed E-state index contributed by atoms with van der Waals surface area (Å²) in [4.78, 5) is 28.1. The number of rotatable bonds is 8. The first-order valence-corrected chi connectivity index (χ1v) is 8.20. The van der Waals surface area contributed by atoms with Crippen molar-refractivity contribution >= 4 is 21.9 Å². The van der Waals surface area contributed by atoms with Crippen molar-refractivity contribution in [2.75, 3.05) is 27.9 Å². The highest BCUT2D eigenvalue weighted by molar-refractivity contribution is 7.89. The number of hydrogen-bond donors (Lipinski definition) is 2. The van der Waals surface area contributed by atoms with Crippen molar-refractivity contribution in [3.05, 3.63) is 29.8 Å². The van der Waals surface area contributed by atoms with Crippen LogP contribution < -0.4 is 5.32 Å². The Balaban J connectivity index is 3.14. The largest absolute Gasteiger partial charge is 0.479 e. The number of carbonyl (C=O) groups excluding carboxylic acids is 1. The van der Waals surface area contributed by atoms with Gasteiger partial charge in [-0.3, -0.25) is 9.63 Å². The first-order valence-electron chi connectivity index (χ1n) is 6.76. The third-order valence-corrected chi connectivity index (χ3v) is 4.96. The summed E-state index contributed by atoms with van der Waals surface area (Å²) in [5, 5.41) is 11.6. The molecule has 0 heterocycles. The highest BCUT2D eigenvalue weighted by Crippen LogP contribution is 2.17. The van der Waals surface area contributed by atoms with Gasteiger partial charge in [0.2, 0.25) is 0 Å². The van der Waals surface area contributed by atoms with E-state index in [-0.39, 0.29) is 17.1 Å². The molecule has 1 aromatic carbocycles. The van der Waals surface area contributed by atoms with Gasteiger partial charge in [0.25, 0.3) is 15.9 Å². The van der Waals surface area contributed by atoms with Gasteiger partial charge in [-0.15, -0.1) is 0 Å². The Morgan fingerprint density at radius 3 is 2.46 bits per heavy atom. The summed E-state index contributed by atoms with van der Waals surface area (Å²) in [5.41, 5.74) is -1.66. The highest BCUT2D eigenvalue weighted by atomic mass is 32.2. The van der Waals surface area contributed by atoms with Crippen molar-refractivity contribution in [2.24, 2.45) is 0 Å². The van der Waals surface area contributed by atoms with Gasteiger partial charge >= 0.3 is 5.97 Å². The van der Waals surface area contributed by atoms with Gasteiger partial charge in [0, 0.05) is 19.7 Å². The molecule has 1 unspecified atom stereocenters. The van der Waals surface area contributed by atoms with Crippen LogP contribution >= 0.6 is 0 Å². The van der Waals surface area contributed by atoms with Gasteiger partial charge in [-0.2, -0.15) is 0 Å². The molecule has 0 bridgehead atoms. The van der Waals surface area contributed by atoms with Gasteiger partial charge in [-0.25, -0.2) is 13.2 Å². The van der Waals surface area contributed by atoms with Crippen LogP contribution in [0, 0.1) is 0 Å². The van der Waals surface area contributed by atoms with Crippen LogP contribution in [-0.2, 0) is 24.4 Å². The molecule has 24 heavy (non-hydrogen) atoms. The Bertz CT molecular complexity index is 720. The first kappa shape index (κ1) is 20.0. The molecule has 134 valence electrons. The summed E-state index contributed by atoms with van der Waals surface area (Å²) in [5.74, 6) is -2.02. The van der Waals surface area contributed by atoms with Crippen LogP contribution in [0.2, 0.25) is 0 Å². The van der Waals surface area contributed by atoms with E-state index in [1.165, 1.54) is 46.4 Å². The maximum atomic E-state index is 12.3. The van der Waals surface area contributed by atoms with E-state index < -0.39 is 27.4 Å². The molecule has 10 heteroatoms. The Morgan fingerprint density at radius 2 is 1.96 bits per heavy atom. The normalized spacial score (nSPS) is 14.2. The number of benzene rings is 1. The van der Waals surface area contributed by atoms with E-state index in [9.17, 15) is 23.1 Å². The minimum Gasteiger partial charge on any atom is -0.479 e. The van der Waals surface area contributed by atoms with Gasteiger partial charge < -0.3 is 15.2 Å². The lowest BCUT2D eigenvalue weighted by Crippen LogP contribution is -2.55. The fourth-order valence-corrected chi connectivity index (χ4v) is 2.83. The molecule has 0 aliphatic rings. The molecule has 0 spiro atoms. The molecular formula is C14H20N2O7S. The summed E-state index contributed by atoms with van der Waals surface area (Å²) in [7, 11) is -0.216. The Kier molecular flexibility index (Phi) is 6.43. The third kappa shape index (κ3) is 4.29. The van der Waals surface area contributed by atoms with Gasteiger partial charge in [0.05, 0.1) is 18.6 Å². The zero-order valence-corrected chi connectivity index (χ0v) is 14.6. The number of aliphatic carboxylic acids is 1. The third-order valence-electron chi connectivity index (χ3n) is 3.28. The monoisotopic (exact) mass is 360 g/mol. The molecule has 1 aromatic rings. The summed E-state index contributed by atoms with van der Waals surface area (Å²) in [6.45, 7) is 1.04. The molecule has 0 aliphatic heterocycles. The lowest BCUT2D eigenvalue weighted by molar-refractivity contribution is -0.145. The summed E-state index contributed by atoms with van der Waals surface area (Å²) in [6.07, 6.45) is 0. The van der Waals surface area contributed by atoms with E-state index in [2.05, 4.69) is 10.2 Å². The maximum absolute atomic E-state index is 12.3. The summed E-state index contributed by atoms with van der Waals surface area (Å²) in [6, 6.07) is 5.18. The average molecular weight is 360 g/mol. The summed E-state index contributed by atoms with van der Waals surface area (Å²) >= 11 is 0. The average Bonchev–Trinajstić information content (AvgIpc) is 2.54. The minimum absolute atomic E-state index is 0.0100. The molecule has 0 saturated carbocycles. The fraction of sp³-hybridized carbons (Fsp3) is 0.429. The van der Waals surface area contributed by atoms with Gasteiger partial charge in [-0.05, 0) is 25.1 Å². The molecule has 1 rings (SSSR count). The molecule has 1 amide bonds. The summed E-state index contributed by atoms with van der Waals surface area (Å²) < 4.78 is 29.8. The molecule has 0 fully saturated rings. The lowest BCUT2D eigenvalue weighted by Gasteiger charge is -2.25. The highest BCUT2D eigenvalue weighted by Gasteiger charge is 2.35. The SMILES string of the molecule is COCC(C)(NC(=O)c1cccc(S(=O)(=O)N(C)OC)c1)C(=O)O. The van der Waals surface area contributed by atoms with E-state index in [0.717, 1.165) is 6.07 Å². The number of nitrogens with one attached hydrogen (secondary N) is 1. The molecule has 0 aliphatic carbocycles. The molecule has 2 N–H and O–H groups in total. The topological polar surface area (TPSA) is 122 Å². The van der Waals surface area contributed by atoms with E-state index in [1.54, 1.807) is 0 Å². The second-order valence-corrected chi connectivity index (χ2v) is 7.09. The Labute approximate surface area is 140 Å². The van der Waals surface area contributed by atoms with Gasteiger partial charge in [-0.1, -0.05) is 10.5 Å². The second kappa shape index (κ2) is 7.71.